The van der Waals surface area contributed by atoms with Gasteiger partial charge in [0.2, 0.25) is 10.0 Å². The monoisotopic (exact) mass is 651 g/mol. The number of hydrogen-bond acceptors (Lipinski definition) is 8. The van der Waals surface area contributed by atoms with Gasteiger partial charge in [-0.25, -0.2) is 16.8 Å². The number of likely N-dealkylation sites (N-methyl/N-ethyl adjacent to an activating group) is 1. The summed E-state index contributed by atoms with van der Waals surface area (Å²) in [4.78, 5) is 15.2. The SMILES string of the molecule is COc1ccc(S(=O)(=O)N(C)C[C@@H]2Oc3c(NS(=O)(=O)c4ccc(Cl)cc4)cccc3C(=O)N([C@H](C)CO)C[C@@H]2C)cc1. The number of aliphatic hydroxyl groups is 1. The van der Waals surface area contributed by atoms with Crippen LogP contribution in [0.3, 0.4) is 0 Å². The molecule has 3 atom stereocenters. The Labute approximate surface area is 257 Å². The standard InChI is InChI=1S/C29H34ClN3O8S2/c1-19-16-33(20(2)18-34)29(35)25-6-5-7-26(31-42(36,37)23-12-8-21(30)9-13-23)28(25)41-27(19)17-32(3)43(38,39)24-14-10-22(40-4)11-15-24/h5-15,19-20,27,31,34H,16-18H2,1-4H3/t19-,20+,27-/m0/s1. The van der Waals surface area contributed by atoms with Crippen LogP contribution in [-0.4, -0.2) is 83.1 Å². The van der Waals surface area contributed by atoms with Crippen molar-refractivity contribution in [3.63, 3.8) is 0 Å². The number of carbonyl (C=O) groups is 1. The van der Waals surface area contributed by atoms with E-state index in [-0.39, 0.29) is 46.5 Å². The molecule has 0 aliphatic carbocycles. The van der Waals surface area contributed by atoms with Gasteiger partial charge >= 0.3 is 0 Å². The Morgan fingerprint density at radius 2 is 1.70 bits per heavy atom. The van der Waals surface area contributed by atoms with E-state index in [0.717, 1.165) is 4.31 Å². The number of halogens is 1. The summed E-state index contributed by atoms with van der Waals surface area (Å²) < 4.78 is 68.6. The van der Waals surface area contributed by atoms with Crippen molar-refractivity contribution in [2.45, 2.75) is 35.8 Å². The minimum Gasteiger partial charge on any atom is -0.497 e. The van der Waals surface area contributed by atoms with E-state index in [1.165, 1.54) is 73.7 Å². The summed E-state index contributed by atoms with van der Waals surface area (Å²) in [6.45, 7) is 3.21. The summed E-state index contributed by atoms with van der Waals surface area (Å²) >= 11 is 5.93. The molecule has 0 fully saturated rings. The lowest BCUT2D eigenvalue weighted by Crippen LogP contribution is -2.50. The number of sulfonamides is 2. The highest BCUT2D eigenvalue weighted by Gasteiger charge is 2.36. The van der Waals surface area contributed by atoms with Gasteiger partial charge in [-0.1, -0.05) is 24.6 Å². The Balaban J connectivity index is 1.74. The average Bonchev–Trinajstić information content (AvgIpc) is 2.98. The van der Waals surface area contributed by atoms with Crippen molar-refractivity contribution in [2.24, 2.45) is 5.92 Å². The minimum atomic E-state index is -4.13. The number of benzene rings is 3. The molecule has 2 N–H and O–H groups in total. The van der Waals surface area contributed by atoms with Crippen LogP contribution in [0.15, 0.2) is 76.5 Å². The Bertz CT molecular complexity index is 1670. The maximum atomic E-state index is 13.7. The second kappa shape index (κ2) is 13.1. The summed E-state index contributed by atoms with van der Waals surface area (Å²) in [6, 6.07) is 15.4. The van der Waals surface area contributed by atoms with Crippen molar-refractivity contribution in [1.82, 2.24) is 9.21 Å². The zero-order chi connectivity index (χ0) is 31.5. The zero-order valence-electron chi connectivity index (χ0n) is 24.1. The first-order chi connectivity index (χ1) is 20.3. The molecule has 0 aromatic heterocycles. The highest BCUT2D eigenvalue weighted by Crippen LogP contribution is 2.36. The van der Waals surface area contributed by atoms with Gasteiger partial charge in [0.15, 0.2) is 5.75 Å². The van der Waals surface area contributed by atoms with Crippen molar-refractivity contribution in [2.75, 3.05) is 38.6 Å². The number of nitrogens with zero attached hydrogens (tertiary/aromatic N) is 2. The Hall–Kier alpha value is -3.36. The lowest BCUT2D eigenvalue weighted by molar-refractivity contribution is 0.0389. The zero-order valence-corrected chi connectivity index (χ0v) is 26.5. The smallest absolute Gasteiger partial charge is 0.262 e. The number of aliphatic hydroxyl groups excluding tert-OH is 1. The molecule has 3 aromatic rings. The van der Waals surface area contributed by atoms with E-state index in [4.69, 9.17) is 21.1 Å². The maximum Gasteiger partial charge on any atom is 0.262 e. The van der Waals surface area contributed by atoms with Crippen molar-refractivity contribution in [3.8, 4) is 11.5 Å². The topological polar surface area (TPSA) is 143 Å². The molecular weight excluding hydrogens is 618 g/mol. The number of amides is 1. The van der Waals surface area contributed by atoms with Crippen LogP contribution in [0.4, 0.5) is 5.69 Å². The third kappa shape index (κ3) is 7.07. The lowest BCUT2D eigenvalue weighted by atomic mass is 9.99. The normalized spacial score (nSPS) is 18.3. The van der Waals surface area contributed by atoms with Gasteiger partial charge in [0.1, 0.15) is 11.9 Å². The summed E-state index contributed by atoms with van der Waals surface area (Å²) in [5.41, 5.74) is 0.0614. The number of fused-ring (bicyclic) bond motifs is 1. The Morgan fingerprint density at radius 3 is 2.30 bits per heavy atom. The molecule has 11 nitrogen and oxygen atoms in total. The third-order valence-electron chi connectivity index (χ3n) is 7.26. The van der Waals surface area contributed by atoms with Crippen molar-refractivity contribution in [3.05, 3.63) is 77.3 Å². The van der Waals surface area contributed by atoms with E-state index in [1.54, 1.807) is 26.0 Å². The minimum absolute atomic E-state index is 0.00262. The van der Waals surface area contributed by atoms with Gasteiger partial charge < -0.3 is 19.5 Å². The number of para-hydroxylation sites is 1. The molecular formula is C29H34ClN3O8S2. The molecule has 1 aliphatic rings. The van der Waals surface area contributed by atoms with Gasteiger partial charge in [-0.3, -0.25) is 9.52 Å². The van der Waals surface area contributed by atoms with Gasteiger partial charge in [-0.05, 0) is 67.6 Å². The fourth-order valence-electron chi connectivity index (χ4n) is 4.64. The summed E-state index contributed by atoms with van der Waals surface area (Å²) in [7, 11) is -5.18. The van der Waals surface area contributed by atoms with Crippen LogP contribution in [0.1, 0.15) is 24.2 Å². The first-order valence-corrected chi connectivity index (χ1v) is 16.7. The van der Waals surface area contributed by atoms with E-state index >= 15 is 0 Å². The molecule has 0 unspecified atom stereocenters. The maximum absolute atomic E-state index is 13.7. The number of nitrogens with one attached hydrogen (secondary N) is 1. The van der Waals surface area contributed by atoms with Crippen molar-refractivity contribution in [1.29, 1.82) is 0 Å². The molecule has 3 aromatic carbocycles. The van der Waals surface area contributed by atoms with Crippen LogP contribution in [0.2, 0.25) is 5.02 Å². The Kier molecular flexibility index (Phi) is 9.92. The van der Waals surface area contributed by atoms with Gasteiger partial charge in [0, 0.05) is 24.5 Å². The van der Waals surface area contributed by atoms with Crippen LogP contribution < -0.4 is 14.2 Å². The predicted molar refractivity (Wildman–Crippen MR) is 163 cm³/mol. The van der Waals surface area contributed by atoms with Gasteiger partial charge in [0.05, 0.1) is 47.3 Å². The molecule has 14 heteroatoms. The fraction of sp³-hybridized carbons (Fsp3) is 0.345. The highest BCUT2D eigenvalue weighted by molar-refractivity contribution is 7.92. The molecule has 0 radical (unpaired) electrons. The van der Waals surface area contributed by atoms with Gasteiger partial charge in [-0.2, -0.15) is 4.31 Å². The summed E-state index contributed by atoms with van der Waals surface area (Å²) in [6.07, 6.45) is -0.820. The van der Waals surface area contributed by atoms with E-state index < -0.39 is 44.0 Å². The molecule has 232 valence electrons. The molecule has 1 heterocycles. The molecule has 1 aliphatic heterocycles. The summed E-state index contributed by atoms with van der Waals surface area (Å²) in [5, 5.41) is 10.3. The second-order valence-electron chi connectivity index (χ2n) is 10.3. The molecule has 43 heavy (non-hydrogen) atoms. The van der Waals surface area contributed by atoms with E-state index in [2.05, 4.69) is 4.72 Å². The van der Waals surface area contributed by atoms with Crippen molar-refractivity contribution < 1.29 is 36.2 Å². The molecule has 0 bridgehead atoms. The summed E-state index contributed by atoms with van der Waals surface area (Å²) in [5.74, 6) is -0.437. The molecule has 0 saturated carbocycles. The third-order valence-corrected chi connectivity index (χ3v) is 10.7. The number of methoxy groups -OCH3 is 1. The second-order valence-corrected chi connectivity index (χ2v) is 14.5. The number of ether oxygens (including phenoxy) is 2. The van der Waals surface area contributed by atoms with Crippen LogP contribution in [-0.2, 0) is 20.0 Å². The van der Waals surface area contributed by atoms with Crippen LogP contribution in [0.5, 0.6) is 11.5 Å². The fourth-order valence-corrected chi connectivity index (χ4v) is 7.01. The molecule has 4 rings (SSSR count). The van der Waals surface area contributed by atoms with E-state index in [9.17, 15) is 26.7 Å². The first kappa shape index (κ1) is 32.6. The molecule has 0 saturated heterocycles. The van der Waals surface area contributed by atoms with E-state index in [1.807, 2.05) is 0 Å². The van der Waals surface area contributed by atoms with Gasteiger partial charge in [0.25, 0.3) is 15.9 Å². The Morgan fingerprint density at radius 1 is 1.07 bits per heavy atom. The predicted octanol–water partition coefficient (Wildman–Crippen LogP) is 3.69. The number of rotatable bonds is 10. The highest BCUT2D eigenvalue weighted by atomic mass is 35.5. The quantitative estimate of drug-likeness (QED) is 0.338. The van der Waals surface area contributed by atoms with Crippen LogP contribution >= 0.6 is 11.6 Å². The van der Waals surface area contributed by atoms with Crippen LogP contribution in [0, 0.1) is 5.92 Å². The van der Waals surface area contributed by atoms with E-state index in [0.29, 0.717) is 10.8 Å². The number of carbonyl (C=O) groups excluding carboxylic acids is 1. The lowest BCUT2D eigenvalue weighted by Gasteiger charge is -2.38. The number of anilines is 1. The number of hydrogen-bond donors (Lipinski definition) is 2. The first-order valence-electron chi connectivity index (χ1n) is 13.4. The average molecular weight is 652 g/mol. The van der Waals surface area contributed by atoms with Crippen LogP contribution in [0.25, 0.3) is 0 Å². The largest absolute Gasteiger partial charge is 0.497 e. The van der Waals surface area contributed by atoms with Crippen molar-refractivity contribution >= 4 is 43.2 Å². The molecule has 0 spiro atoms. The van der Waals surface area contributed by atoms with Gasteiger partial charge in [-0.15, -0.1) is 0 Å². The molecule has 1 amide bonds.